The van der Waals surface area contributed by atoms with Crippen molar-refractivity contribution in [2.24, 2.45) is 0 Å². The third kappa shape index (κ3) is 4.52. The standard InChI is InChI=1S/C21H21N3O/c1-24(2)15-16-9-11-17(12-10-16)21(25)23-19-7-5-6-18(14-19)20-8-3-4-13-22-20/h3-14H,15H2,1-2H3,(H,23,25). The normalized spacial score (nSPS) is 10.7. The van der Waals surface area contributed by atoms with Crippen LogP contribution in [0.1, 0.15) is 15.9 Å². The summed E-state index contributed by atoms with van der Waals surface area (Å²) >= 11 is 0. The van der Waals surface area contributed by atoms with E-state index in [0.29, 0.717) is 5.56 Å². The van der Waals surface area contributed by atoms with Crippen molar-refractivity contribution < 1.29 is 4.79 Å². The number of amides is 1. The minimum atomic E-state index is -0.116. The molecule has 4 heteroatoms. The fraction of sp³-hybridized carbons (Fsp3) is 0.143. The average Bonchev–Trinajstić information content (AvgIpc) is 2.63. The van der Waals surface area contributed by atoms with Gasteiger partial charge in [-0.15, -0.1) is 0 Å². The summed E-state index contributed by atoms with van der Waals surface area (Å²) in [5.41, 5.74) is 4.43. The Kier molecular flexibility index (Phi) is 5.21. The van der Waals surface area contributed by atoms with Gasteiger partial charge in [0.05, 0.1) is 5.69 Å². The summed E-state index contributed by atoms with van der Waals surface area (Å²) in [5, 5.41) is 2.95. The molecule has 0 radical (unpaired) electrons. The molecule has 0 spiro atoms. The maximum Gasteiger partial charge on any atom is 0.255 e. The van der Waals surface area contributed by atoms with Crippen molar-refractivity contribution in [3.63, 3.8) is 0 Å². The van der Waals surface area contributed by atoms with Crippen LogP contribution in [0, 0.1) is 0 Å². The second-order valence-electron chi connectivity index (χ2n) is 6.18. The van der Waals surface area contributed by atoms with Crippen molar-refractivity contribution in [2.45, 2.75) is 6.54 Å². The van der Waals surface area contributed by atoms with Crippen LogP contribution >= 0.6 is 0 Å². The Morgan fingerprint density at radius 1 is 1.00 bits per heavy atom. The zero-order valence-electron chi connectivity index (χ0n) is 14.4. The van der Waals surface area contributed by atoms with Crippen molar-refractivity contribution in [1.82, 2.24) is 9.88 Å². The summed E-state index contributed by atoms with van der Waals surface area (Å²) in [6.07, 6.45) is 1.76. The van der Waals surface area contributed by atoms with Crippen LogP contribution in [0.25, 0.3) is 11.3 Å². The number of nitrogens with one attached hydrogen (secondary N) is 1. The SMILES string of the molecule is CN(C)Cc1ccc(C(=O)Nc2cccc(-c3ccccn3)c2)cc1. The quantitative estimate of drug-likeness (QED) is 0.767. The van der Waals surface area contributed by atoms with E-state index < -0.39 is 0 Å². The van der Waals surface area contributed by atoms with Gasteiger partial charge in [-0.1, -0.05) is 30.3 Å². The monoisotopic (exact) mass is 331 g/mol. The van der Waals surface area contributed by atoms with Gasteiger partial charge >= 0.3 is 0 Å². The highest BCUT2D eigenvalue weighted by Crippen LogP contribution is 2.21. The van der Waals surface area contributed by atoms with Gasteiger partial charge in [-0.2, -0.15) is 0 Å². The van der Waals surface area contributed by atoms with Crippen molar-refractivity contribution in [3.05, 3.63) is 84.1 Å². The second kappa shape index (κ2) is 7.73. The highest BCUT2D eigenvalue weighted by atomic mass is 16.1. The third-order valence-electron chi connectivity index (χ3n) is 3.80. The molecule has 1 amide bonds. The van der Waals surface area contributed by atoms with E-state index in [9.17, 15) is 4.79 Å². The fourth-order valence-corrected chi connectivity index (χ4v) is 2.62. The second-order valence-corrected chi connectivity index (χ2v) is 6.18. The number of hydrogen-bond donors (Lipinski definition) is 1. The molecule has 3 rings (SSSR count). The van der Waals surface area contributed by atoms with Gasteiger partial charge < -0.3 is 10.2 Å². The first kappa shape index (κ1) is 16.9. The highest BCUT2D eigenvalue weighted by molar-refractivity contribution is 6.04. The van der Waals surface area contributed by atoms with Gasteiger partial charge in [-0.25, -0.2) is 0 Å². The van der Waals surface area contributed by atoms with Crippen LogP contribution in [0.4, 0.5) is 5.69 Å². The van der Waals surface area contributed by atoms with Gasteiger partial charge in [0.1, 0.15) is 0 Å². The molecule has 3 aromatic rings. The average molecular weight is 331 g/mol. The van der Waals surface area contributed by atoms with E-state index in [1.54, 1.807) is 6.20 Å². The van der Waals surface area contributed by atoms with Crippen molar-refractivity contribution >= 4 is 11.6 Å². The van der Waals surface area contributed by atoms with Crippen molar-refractivity contribution in [3.8, 4) is 11.3 Å². The van der Waals surface area contributed by atoms with E-state index in [1.165, 1.54) is 5.56 Å². The number of benzene rings is 2. The molecule has 0 saturated carbocycles. The van der Waals surface area contributed by atoms with E-state index in [2.05, 4.69) is 15.2 Å². The van der Waals surface area contributed by atoms with Crippen LogP contribution < -0.4 is 5.32 Å². The highest BCUT2D eigenvalue weighted by Gasteiger charge is 2.07. The van der Waals surface area contributed by atoms with E-state index in [-0.39, 0.29) is 5.91 Å². The molecule has 0 atom stereocenters. The van der Waals surface area contributed by atoms with Gasteiger partial charge in [-0.3, -0.25) is 9.78 Å². The van der Waals surface area contributed by atoms with Gasteiger partial charge in [0, 0.05) is 29.6 Å². The molecule has 1 heterocycles. The van der Waals surface area contributed by atoms with Gasteiger partial charge in [-0.05, 0) is 56.1 Å². The number of carbonyl (C=O) groups is 1. The van der Waals surface area contributed by atoms with Gasteiger partial charge in [0.2, 0.25) is 0 Å². The number of anilines is 1. The van der Waals surface area contributed by atoms with E-state index in [1.807, 2.05) is 80.8 Å². The molecule has 126 valence electrons. The summed E-state index contributed by atoms with van der Waals surface area (Å²) in [4.78, 5) is 18.9. The van der Waals surface area contributed by atoms with Gasteiger partial charge in [0.15, 0.2) is 0 Å². The van der Waals surface area contributed by atoms with E-state index in [4.69, 9.17) is 0 Å². The summed E-state index contributed by atoms with van der Waals surface area (Å²) < 4.78 is 0. The first-order valence-corrected chi connectivity index (χ1v) is 8.18. The zero-order valence-corrected chi connectivity index (χ0v) is 14.4. The lowest BCUT2D eigenvalue weighted by atomic mass is 10.1. The molecule has 0 aliphatic carbocycles. The summed E-state index contributed by atoms with van der Waals surface area (Å²) in [5.74, 6) is -0.116. The first-order chi connectivity index (χ1) is 12.1. The molecule has 25 heavy (non-hydrogen) atoms. The number of carbonyl (C=O) groups excluding carboxylic acids is 1. The molecule has 1 aromatic heterocycles. The first-order valence-electron chi connectivity index (χ1n) is 8.18. The molecule has 0 unspecified atom stereocenters. The maximum atomic E-state index is 12.5. The maximum absolute atomic E-state index is 12.5. The third-order valence-corrected chi connectivity index (χ3v) is 3.80. The summed E-state index contributed by atoms with van der Waals surface area (Å²) in [6, 6.07) is 21.2. The molecular weight excluding hydrogens is 310 g/mol. The summed E-state index contributed by atoms with van der Waals surface area (Å²) in [6.45, 7) is 0.855. The Hall–Kier alpha value is -2.98. The van der Waals surface area contributed by atoms with Crippen LogP contribution in [0.3, 0.4) is 0 Å². The zero-order chi connectivity index (χ0) is 17.6. The lowest BCUT2D eigenvalue weighted by molar-refractivity contribution is 0.102. The molecular formula is C21H21N3O. The minimum absolute atomic E-state index is 0.116. The van der Waals surface area contributed by atoms with Gasteiger partial charge in [0.25, 0.3) is 5.91 Å². The predicted molar refractivity (Wildman–Crippen MR) is 101 cm³/mol. The summed E-state index contributed by atoms with van der Waals surface area (Å²) in [7, 11) is 4.05. The molecule has 0 aliphatic rings. The molecule has 4 nitrogen and oxygen atoms in total. The lowest BCUT2D eigenvalue weighted by Gasteiger charge is -2.10. The Morgan fingerprint density at radius 3 is 2.48 bits per heavy atom. The topological polar surface area (TPSA) is 45.2 Å². The van der Waals surface area contributed by atoms with E-state index in [0.717, 1.165) is 23.5 Å². The Bertz CT molecular complexity index is 843. The molecule has 0 fully saturated rings. The van der Waals surface area contributed by atoms with Crippen LogP contribution in [0.2, 0.25) is 0 Å². The molecule has 0 bridgehead atoms. The predicted octanol–water partition coefficient (Wildman–Crippen LogP) is 4.06. The largest absolute Gasteiger partial charge is 0.322 e. The smallest absolute Gasteiger partial charge is 0.255 e. The number of nitrogens with zero attached hydrogens (tertiary/aromatic N) is 2. The Morgan fingerprint density at radius 2 is 1.80 bits per heavy atom. The van der Waals surface area contributed by atoms with Crippen molar-refractivity contribution in [2.75, 3.05) is 19.4 Å². The van der Waals surface area contributed by atoms with Crippen LogP contribution in [-0.2, 0) is 6.54 Å². The van der Waals surface area contributed by atoms with Crippen molar-refractivity contribution in [1.29, 1.82) is 0 Å². The van der Waals surface area contributed by atoms with E-state index >= 15 is 0 Å². The van der Waals surface area contributed by atoms with Crippen LogP contribution in [-0.4, -0.2) is 29.9 Å². The number of hydrogen-bond acceptors (Lipinski definition) is 3. The van der Waals surface area contributed by atoms with Crippen LogP contribution in [0.15, 0.2) is 72.9 Å². The Labute approximate surface area is 148 Å². The number of rotatable bonds is 5. The lowest BCUT2D eigenvalue weighted by Crippen LogP contribution is -2.13. The number of pyridine rings is 1. The van der Waals surface area contributed by atoms with Crippen LogP contribution in [0.5, 0.6) is 0 Å². The minimum Gasteiger partial charge on any atom is -0.322 e. The Balaban J connectivity index is 1.73. The molecule has 0 saturated heterocycles. The number of aromatic nitrogens is 1. The molecule has 2 aromatic carbocycles. The molecule has 1 N–H and O–H groups in total. The molecule has 0 aliphatic heterocycles. The fourth-order valence-electron chi connectivity index (χ4n) is 2.62.